The van der Waals surface area contributed by atoms with E-state index < -0.39 is 17.5 Å². The minimum atomic E-state index is -1.06. The smallest absolute Gasteiger partial charge is 0.407 e. The monoisotopic (exact) mass is 436 g/mol. The van der Waals surface area contributed by atoms with Crippen LogP contribution >= 0.6 is 0 Å². The summed E-state index contributed by atoms with van der Waals surface area (Å²) >= 11 is 0. The fourth-order valence-corrected chi connectivity index (χ4v) is 5.09. The van der Waals surface area contributed by atoms with E-state index in [2.05, 4.69) is 29.6 Å². The third-order valence-electron chi connectivity index (χ3n) is 6.65. The summed E-state index contributed by atoms with van der Waals surface area (Å²) < 4.78 is 5.58. The van der Waals surface area contributed by atoms with Crippen LogP contribution in [-0.2, 0) is 14.3 Å². The lowest BCUT2D eigenvalue weighted by Gasteiger charge is -2.31. The molecule has 0 saturated heterocycles. The van der Waals surface area contributed by atoms with Crippen LogP contribution in [0.5, 0.6) is 0 Å². The maximum Gasteiger partial charge on any atom is 0.407 e. The van der Waals surface area contributed by atoms with Crippen molar-refractivity contribution < 1.29 is 24.2 Å². The highest BCUT2D eigenvalue weighted by Crippen LogP contribution is 2.44. The highest BCUT2D eigenvalue weighted by molar-refractivity contribution is 5.86. The predicted molar refractivity (Wildman–Crippen MR) is 119 cm³/mol. The van der Waals surface area contributed by atoms with Gasteiger partial charge >= 0.3 is 12.1 Å². The Balaban J connectivity index is 1.39. The molecule has 0 radical (unpaired) electrons. The first-order valence-corrected chi connectivity index (χ1v) is 11.0. The molecule has 0 heterocycles. The summed E-state index contributed by atoms with van der Waals surface area (Å²) in [4.78, 5) is 37.7. The summed E-state index contributed by atoms with van der Waals surface area (Å²) in [5.41, 5.74) is 3.83. The Morgan fingerprint density at radius 1 is 1.03 bits per heavy atom. The summed E-state index contributed by atoms with van der Waals surface area (Å²) in [6.07, 6.45) is 2.43. The molecule has 2 aromatic rings. The SMILES string of the molecule is CN(CC(=O)O)C(=O)C1(CNC(=O)OCC2c3ccccc3-c3ccccc32)CCCC1. The molecule has 0 bridgehead atoms. The minimum absolute atomic E-state index is 0.0306. The fraction of sp³-hybridized carbons (Fsp3) is 0.400. The van der Waals surface area contributed by atoms with E-state index in [0.29, 0.717) is 12.8 Å². The molecule has 1 fully saturated rings. The number of likely N-dealkylation sites (N-methyl/N-ethyl adjacent to an activating group) is 1. The van der Waals surface area contributed by atoms with Gasteiger partial charge in [0.2, 0.25) is 5.91 Å². The van der Waals surface area contributed by atoms with Crippen molar-refractivity contribution in [1.29, 1.82) is 0 Å². The van der Waals surface area contributed by atoms with Crippen molar-refractivity contribution in [2.24, 2.45) is 5.41 Å². The molecule has 32 heavy (non-hydrogen) atoms. The van der Waals surface area contributed by atoms with E-state index >= 15 is 0 Å². The van der Waals surface area contributed by atoms with Crippen LogP contribution in [0.1, 0.15) is 42.7 Å². The first kappa shape index (κ1) is 21.9. The van der Waals surface area contributed by atoms with Gasteiger partial charge in [-0.05, 0) is 35.1 Å². The summed E-state index contributed by atoms with van der Waals surface area (Å²) in [7, 11) is 1.49. The summed E-state index contributed by atoms with van der Waals surface area (Å²) in [5, 5.41) is 11.8. The molecule has 7 nitrogen and oxygen atoms in total. The lowest BCUT2D eigenvalue weighted by molar-refractivity contribution is -0.148. The normalized spacial score (nSPS) is 16.2. The fourth-order valence-electron chi connectivity index (χ4n) is 5.09. The largest absolute Gasteiger partial charge is 0.480 e. The van der Waals surface area contributed by atoms with E-state index in [1.807, 2.05) is 24.3 Å². The van der Waals surface area contributed by atoms with Crippen molar-refractivity contribution in [1.82, 2.24) is 10.2 Å². The minimum Gasteiger partial charge on any atom is -0.480 e. The maximum absolute atomic E-state index is 12.9. The number of carboxylic acids is 1. The molecule has 0 unspecified atom stereocenters. The van der Waals surface area contributed by atoms with E-state index in [1.165, 1.54) is 11.9 Å². The number of nitrogens with zero attached hydrogens (tertiary/aromatic N) is 1. The first-order chi connectivity index (χ1) is 15.4. The average molecular weight is 437 g/mol. The number of carbonyl (C=O) groups is 3. The van der Waals surface area contributed by atoms with Gasteiger partial charge in [0.15, 0.2) is 0 Å². The Morgan fingerprint density at radius 3 is 2.16 bits per heavy atom. The molecule has 2 amide bonds. The van der Waals surface area contributed by atoms with Crippen LogP contribution in [-0.4, -0.2) is 54.7 Å². The summed E-state index contributed by atoms with van der Waals surface area (Å²) in [5.74, 6) is -1.33. The zero-order chi connectivity index (χ0) is 22.7. The lowest BCUT2D eigenvalue weighted by atomic mass is 9.84. The molecule has 0 aromatic heterocycles. The second-order valence-corrected chi connectivity index (χ2v) is 8.72. The Kier molecular flexibility index (Phi) is 6.17. The van der Waals surface area contributed by atoms with Crippen LogP contribution in [0.4, 0.5) is 4.79 Å². The number of hydrogen-bond acceptors (Lipinski definition) is 4. The molecule has 7 heteroatoms. The first-order valence-electron chi connectivity index (χ1n) is 11.0. The molecule has 168 valence electrons. The van der Waals surface area contributed by atoms with Gasteiger partial charge in [-0.25, -0.2) is 4.79 Å². The topological polar surface area (TPSA) is 95.9 Å². The van der Waals surface area contributed by atoms with Crippen LogP contribution in [0, 0.1) is 5.41 Å². The van der Waals surface area contributed by atoms with Crippen molar-refractivity contribution in [3.8, 4) is 11.1 Å². The number of carboxylic acid groups (broad SMARTS) is 1. The van der Waals surface area contributed by atoms with Crippen molar-refractivity contribution in [2.75, 3.05) is 26.7 Å². The van der Waals surface area contributed by atoms with Gasteiger partial charge in [0.05, 0.1) is 5.41 Å². The molecular formula is C25H28N2O5. The highest BCUT2D eigenvalue weighted by Gasteiger charge is 2.43. The molecule has 2 aliphatic rings. The number of rotatable bonds is 7. The average Bonchev–Trinajstić information content (AvgIpc) is 3.39. The molecule has 1 saturated carbocycles. The molecule has 0 aliphatic heterocycles. The van der Waals surface area contributed by atoms with Gasteiger partial charge in [-0.3, -0.25) is 9.59 Å². The zero-order valence-electron chi connectivity index (χ0n) is 18.2. The Morgan fingerprint density at radius 2 is 1.59 bits per heavy atom. The van der Waals surface area contributed by atoms with E-state index in [-0.39, 0.29) is 31.5 Å². The number of fused-ring (bicyclic) bond motifs is 3. The van der Waals surface area contributed by atoms with Gasteiger partial charge in [0, 0.05) is 19.5 Å². The molecule has 0 atom stereocenters. The van der Waals surface area contributed by atoms with E-state index in [0.717, 1.165) is 35.1 Å². The van der Waals surface area contributed by atoms with Gasteiger partial charge in [-0.2, -0.15) is 0 Å². The second-order valence-electron chi connectivity index (χ2n) is 8.72. The molecule has 4 rings (SSSR count). The Bertz CT molecular complexity index is 983. The highest BCUT2D eigenvalue weighted by atomic mass is 16.5. The van der Waals surface area contributed by atoms with Crippen molar-refractivity contribution >= 4 is 18.0 Å². The third kappa shape index (κ3) is 4.20. The quantitative estimate of drug-likeness (QED) is 0.691. The van der Waals surface area contributed by atoms with Gasteiger partial charge < -0.3 is 20.1 Å². The molecule has 2 N–H and O–H groups in total. The Labute approximate surface area is 187 Å². The number of alkyl carbamates (subject to hydrolysis) is 1. The lowest BCUT2D eigenvalue weighted by Crippen LogP contribution is -2.48. The van der Waals surface area contributed by atoms with Crippen LogP contribution in [0.15, 0.2) is 48.5 Å². The molecular weight excluding hydrogens is 408 g/mol. The van der Waals surface area contributed by atoms with Crippen LogP contribution in [0.3, 0.4) is 0 Å². The number of hydrogen-bond donors (Lipinski definition) is 2. The number of aliphatic carboxylic acids is 1. The predicted octanol–water partition coefficient (Wildman–Crippen LogP) is 3.63. The third-order valence-corrected chi connectivity index (χ3v) is 6.65. The number of amides is 2. The maximum atomic E-state index is 12.9. The number of benzene rings is 2. The summed E-state index contributed by atoms with van der Waals surface area (Å²) in [6.45, 7) is -0.00226. The number of carbonyl (C=O) groups excluding carboxylic acids is 2. The van der Waals surface area contributed by atoms with Crippen molar-refractivity contribution in [3.05, 3.63) is 59.7 Å². The van der Waals surface area contributed by atoms with Gasteiger partial charge in [-0.1, -0.05) is 61.4 Å². The molecule has 0 spiro atoms. The second kappa shape index (κ2) is 9.02. The van der Waals surface area contributed by atoms with Gasteiger partial charge in [-0.15, -0.1) is 0 Å². The van der Waals surface area contributed by atoms with Crippen molar-refractivity contribution in [2.45, 2.75) is 31.6 Å². The zero-order valence-corrected chi connectivity index (χ0v) is 18.2. The van der Waals surface area contributed by atoms with E-state index in [1.54, 1.807) is 0 Å². The molecule has 2 aliphatic carbocycles. The van der Waals surface area contributed by atoms with Crippen LogP contribution in [0.25, 0.3) is 11.1 Å². The van der Waals surface area contributed by atoms with Crippen LogP contribution < -0.4 is 5.32 Å². The molecule has 2 aromatic carbocycles. The standard InChI is InChI=1S/C25H28N2O5/c1-27(14-22(28)29)23(30)25(12-6-7-13-25)16-26-24(31)32-15-21-19-10-4-2-8-17(19)18-9-3-5-11-20(18)21/h2-5,8-11,21H,6-7,12-16H2,1H3,(H,26,31)(H,28,29). The summed E-state index contributed by atoms with van der Waals surface area (Å²) in [6, 6.07) is 16.3. The van der Waals surface area contributed by atoms with E-state index in [9.17, 15) is 14.4 Å². The number of ether oxygens (including phenoxy) is 1. The van der Waals surface area contributed by atoms with Crippen molar-refractivity contribution in [3.63, 3.8) is 0 Å². The van der Waals surface area contributed by atoms with E-state index in [4.69, 9.17) is 9.84 Å². The van der Waals surface area contributed by atoms with Crippen LogP contribution in [0.2, 0.25) is 0 Å². The Hall–Kier alpha value is -3.35. The van der Waals surface area contributed by atoms with Gasteiger partial charge in [0.25, 0.3) is 0 Å². The number of nitrogens with one attached hydrogen (secondary N) is 1. The van der Waals surface area contributed by atoms with Gasteiger partial charge in [0.1, 0.15) is 13.2 Å².